The molecule has 4 heteroatoms. The Morgan fingerprint density at radius 2 is 2.31 bits per heavy atom. The summed E-state index contributed by atoms with van der Waals surface area (Å²) in [5, 5.41) is 4.71. The van der Waals surface area contributed by atoms with E-state index in [1.54, 1.807) is 0 Å². The minimum Gasteiger partial charge on any atom is -0.441 e. The molecule has 0 radical (unpaired) electrons. The molecule has 0 unspecified atom stereocenters. The fourth-order valence-electron chi connectivity index (χ4n) is 2.59. The van der Waals surface area contributed by atoms with Crippen molar-refractivity contribution in [3.63, 3.8) is 0 Å². The largest absolute Gasteiger partial charge is 0.441 e. The zero-order valence-electron chi connectivity index (χ0n) is 8.92. The molecular formula is C12H11N3O. The van der Waals surface area contributed by atoms with E-state index < -0.39 is 0 Å². The molecular weight excluding hydrogens is 202 g/mol. The molecule has 0 atom stereocenters. The van der Waals surface area contributed by atoms with Crippen molar-refractivity contribution in [3.05, 3.63) is 29.3 Å². The van der Waals surface area contributed by atoms with Crippen molar-refractivity contribution < 1.29 is 4.42 Å². The van der Waals surface area contributed by atoms with Gasteiger partial charge in [0, 0.05) is 48.7 Å². The maximum atomic E-state index is 5.59. The van der Waals surface area contributed by atoms with Crippen LogP contribution in [0.3, 0.4) is 0 Å². The van der Waals surface area contributed by atoms with Gasteiger partial charge >= 0.3 is 0 Å². The number of hydrogen-bond donors (Lipinski definition) is 2. The van der Waals surface area contributed by atoms with Crippen LogP contribution in [0.2, 0.25) is 0 Å². The molecule has 4 rings (SSSR count). The summed E-state index contributed by atoms with van der Waals surface area (Å²) in [5.41, 5.74) is 5.59. The van der Waals surface area contributed by atoms with Crippen molar-refractivity contribution in [3.8, 4) is 0 Å². The van der Waals surface area contributed by atoms with E-state index in [-0.39, 0.29) is 0 Å². The summed E-state index contributed by atoms with van der Waals surface area (Å²) in [7, 11) is 0. The average molecular weight is 213 g/mol. The van der Waals surface area contributed by atoms with Crippen LogP contribution in [0.5, 0.6) is 0 Å². The molecule has 1 aliphatic rings. The molecule has 0 saturated heterocycles. The maximum absolute atomic E-state index is 5.59. The lowest BCUT2D eigenvalue weighted by Crippen LogP contribution is -2.17. The zero-order chi connectivity index (χ0) is 10.7. The second-order valence-corrected chi connectivity index (χ2v) is 4.27. The summed E-state index contributed by atoms with van der Waals surface area (Å²) >= 11 is 0. The molecule has 1 aromatic carbocycles. The van der Waals surface area contributed by atoms with E-state index in [0.29, 0.717) is 0 Å². The van der Waals surface area contributed by atoms with E-state index >= 15 is 0 Å². The Labute approximate surface area is 91.7 Å². The van der Waals surface area contributed by atoms with Gasteiger partial charge in [0.15, 0.2) is 11.5 Å². The molecule has 0 fully saturated rings. The molecule has 0 aliphatic carbocycles. The van der Waals surface area contributed by atoms with Gasteiger partial charge in [0.25, 0.3) is 0 Å². The van der Waals surface area contributed by atoms with Gasteiger partial charge in [-0.25, -0.2) is 4.98 Å². The number of nitrogens with one attached hydrogen (secondary N) is 2. The Hall–Kier alpha value is -1.81. The molecule has 3 aromatic rings. The van der Waals surface area contributed by atoms with Crippen LogP contribution in [0, 0.1) is 6.92 Å². The first-order chi connectivity index (χ1) is 7.83. The van der Waals surface area contributed by atoms with Gasteiger partial charge in [-0.15, -0.1) is 0 Å². The Bertz CT molecular complexity index is 707. The third kappa shape index (κ3) is 0.900. The molecule has 1 aliphatic heterocycles. The van der Waals surface area contributed by atoms with Crippen molar-refractivity contribution in [2.45, 2.75) is 20.0 Å². The van der Waals surface area contributed by atoms with E-state index in [4.69, 9.17) is 4.42 Å². The van der Waals surface area contributed by atoms with Crippen molar-refractivity contribution in [1.29, 1.82) is 0 Å². The smallest absolute Gasteiger partial charge is 0.192 e. The van der Waals surface area contributed by atoms with Gasteiger partial charge in [-0.1, -0.05) is 0 Å². The number of fused-ring (bicyclic) bond motifs is 2. The molecule has 0 bridgehead atoms. The van der Waals surface area contributed by atoms with Crippen LogP contribution in [0.1, 0.15) is 17.0 Å². The minimum absolute atomic E-state index is 0.728. The topological polar surface area (TPSA) is 53.9 Å². The number of rotatable bonds is 0. The molecule has 0 saturated carbocycles. The van der Waals surface area contributed by atoms with E-state index in [2.05, 4.69) is 21.5 Å². The lowest BCUT2D eigenvalue weighted by molar-refractivity contribution is 0.561. The summed E-state index contributed by atoms with van der Waals surface area (Å²) in [5.74, 6) is 0.728. The number of benzene rings is 1. The summed E-state index contributed by atoms with van der Waals surface area (Å²) in [4.78, 5) is 7.76. The van der Waals surface area contributed by atoms with Gasteiger partial charge < -0.3 is 14.7 Å². The molecule has 4 nitrogen and oxygen atoms in total. The van der Waals surface area contributed by atoms with Crippen LogP contribution < -0.4 is 5.32 Å². The first kappa shape index (κ1) is 8.35. The van der Waals surface area contributed by atoms with Crippen LogP contribution in [-0.4, -0.2) is 9.97 Å². The normalized spacial score (nSPS) is 15.1. The van der Waals surface area contributed by atoms with Crippen molar-refractivity contribution in [1.82, 2.24) is 15.3 Å². The summed E-state index contributed by atoms with van der Waals surface area (Å²) in [6, 6.07) is 2.04. The Balaban J connectivity index is 2.29. The quantitative estimate of drug-likeness (QED) is 0.602. The SMILES string of the molecule is Cc1nc2c3c4c(c[nH]c4cc2o1)CNC3. The fourth-order valence-corrected chi connectivity index (χ4v) is 2.59. The third-order valence-corrected chi connectivity index (χ3v) is 3.23. The molecule has 80 valence electrons. The number of nitrogens with zero attached hydrogens (tertiary/aromatic N) is 1. The molecule has 2 N–H and O–H groups in total. The van der Waals surface area contributed by atoms with Crippen LogP contribution >= 0.6 is 0 Å². The van der Waals surface area contributed by atoms with Gasteiger partial charge in [0.2, 0.25) is 0 Å². The number of aromatic amines is 1. The highest BCUT2D eigenvalue weighted by atomic mass is 16.3. The summed E-state index contributed by atoms with van der Waals surface area (Å²) in [6.45, 7) is 3.68. The van der Waals surface area contributed by atoms with Crippen LogP contribution in [0.15, 0.2) is 16.7 Å². The lowest BCUT2D eigenvalue weighted by Gasteiger charge is -2.13. The highest BCUT2D eigenvalue weighted by Gasteiger charge is 2.19. The van der Waals surface area contributed by atoms with E-state index in [1.165, 1.54) is 16.5 Å². The van der Waals surface area contributed by atoms with E-state index in [1.807, 2.05) is 13.0 Å². The molecule has 16 heavy (non-hydrogen) atoms. The van der Waals surface area contributed by atoms with Gasteiger partial charge in [-0.2, -0.15) is 0 Å². The second kappa shape index (κ2) is 2.65. The molecule has 2 aromatic heterocycles. The number of aryl methyl sites for hydroxylation is 1. The fraction of sp³-hybridized carbons (Fsp3) is 0.250. The van der Waals surface area contributed by atoms with E-state index in [9.17, 15) is 0 Å². The standard InChI is InChI=1S/C12H11N3O/c1-6-15-12-8-5-13-3-7-4-14-9(11(7)8)2-10(12)16-6/h2,4,13-14H,3,5H2,1H3. The number of hydrogen-bond acceptors (Lipinski definition) is 3. The third-order valence-electron chi connectivity index (χ3n) is 3.23. The van der Waals surface area contributed by atoms with Crippen molar-refractivity contribution in [2.75, 3.05) is 0 Å². The highest BCUT2D eigenvalue weighted by Crippen LogP contribution is 2.32. The van der Waals surface area contributed by atoms with Gasteiger partial charge in [-0.3, -0.25) is 0 Å². The number of aromatic nitrogens is 2. The second-order valence-electron chi connectivity index (χ2n) is 4.27. The lowest BCUT2D eigenvalue weighted by atomic mass is 10.0. The monoisotopic (exact) mass is 213 g/mol. The molecule has 3 heterocycles. The highest BCUT2D eigenvalue weighted by molar-refractivity contribution is 5.99. The first-order valence-electron chi connectivity index (χ1n) is 5.42. The molecule has 0 spiro atoms. The Kier molecular flexibility index (Phi) is 1.38. The maximum Gasteiger partial charge on any atom is 0.192 e. The van der Waals surface area contributed by atoms with Gasteiger partial charge in [0.05, 0.1) is 0 Å². The number of oxazole rings is 1. The minimum atomic E-state index is 0.728. The summed E-state index contributed by atoms with van der Waals surface area (Å²) in [6.07, 6.45) is 2.06. The van der Waals surface area contributed by atoms with Gasteiger partial charge in [-0.05, 0) is 5.56 Å². The predicted molar refractivity (Wildman–Crippen MR) is 61.1 cm³/mol. The van der Waals surface area contributed by atoms with E-state index in [0.717, 1.165) is 35.6 Å². The molecule has 0 amide bonds. The van der Waals surface area contributed by atoms with Gasteiger partial charge in [0.1, 0.15) is 5.52 Å². The Morgan fingerprint density at radius 3 is 3.25 bits per heavy atom. The Morgan fingerprint density at radius 1 is 1.38 bits per heavy atom. The van der Waals surface area contributed by atoms with Crippen LogP contribution in [0.25, 0.3) is 22.0 Å². The summed E-state index contributed by atoms with van der Waals surface area (Å²) < 4.78 is 5.59. The van der Waals surface area contributed by atoms with Crippen LogP contribution in [-0.2, 0) is 13.1 Å². The number of H-pyrrole nitrogens is 1. The predicted octanol–water partition coefficient (Wildman–Crippen LogP) is 2.22. The first-order valence-corrected chi connectivity index (χ1v) is 5.42. The van der Waals surface area contributed by atoms with Crippen molar-refractivity contribution >= 4 is 22.0 Å². The van der Waals surface area contributed by atoms with Crippen LogP contribution in [0.4, 0.5) is 0 Å². The van der Waals surface area contributed by atoms with Crippen molar-refractivity contribution in [2.24, 2.45) is 0 Å². The zero-order valence-corrected chi connectivity index (χ0v) is 8.92. The average Bonchev–Trinajstić information content (AvgIpc) is 2.84.